The smallest absolute Gasteiger partial charge is 0.244 e. The molecule has 0 spiro atoms. The molecule has 0 unspecified atom stereocenters. The molecule has 0 fully saturated rings. The van der Waals surface area contributed by atoms with Crippen molar-refractivity contribution in [1.29, 1.82) is 0 Å². The van der Waals surface area contributed by atoms with Crippen LogP contribution in [0.2, 0.25) is 0 Å². The fraction of sp³-hybridized carbons (Fsp3) is 0.440. The van der Waals surface area contributed by atoms with E-state index in [0.717, 1.165) is 32.6 Å². The van der Waals surface area contributed by atoms with Crippen LogP contribution in [0, 0.1) is 0 Å². The molecule has 0 saturated heterocycles. The Morgan fingerprint density at radius 1 is 1.06 bits per heavy atom. The highest BCUT2D eigenvalue weighted by Crippen LogP contribution is 2.23. The van der Waals surface area contributed by atoms with Crippen molar-refractivity contribution in [3.8, 4) is 0 Å². The second-order valence-corrected chi connectivity index (χ2v) is 11.5. The van der Waals surface area contributed by atoms with Gasteiger partial charge in [-0.25, -0.2) is 8.42 Å². The van der Waals surface area contributed by atoms with Gasteiger partial charge in [-0.05, 0) is 54.7 Å². The number of hydrogen-bond donors (Lipinski definition) is 1. The third kappa shape index (κ3) is 7.84. The predicted molar refractivity (Wildman–Crippen MR) is 140 cm³/mol. The van der Waals surface area contributed by atoms with E-state index < -0.39 is 28.5 Å². The standard InChI is InChI=1S/C25H34BrN3O4S/c1-6-14-27-25(31)19(4)28(16-20-8-7-9-22(26)15-20)24(30)17-29(34(5,32)33)23-12-10-21(11-13-23)18(2)3/h7-13,15,18-19H,6,14,16-17H2,1-5H3,(H,27,31)/t19-/m0/s1. The Balaban J connectivity index is 2.37. The van der Waals surface area contributed by atoms with Crippen molar-refractivity contribution in [2.75, 3.05) is 23.7 Å². The maximum atomic E-state index is 13.5. The van der Waals surface area contributed by atoms with Crippen molar-refractivity contribution in [3.05, 3.63) is 64.1 Å². The van der Waals surface area contributed by atoms with Gasteiger partial charge in [-0.15, -0.1) is 0 Å². The van der Waals surface area contributed by atoms with Crippen LogP contribution >= 0.6 is 15.9 Å². The van der Waals surface area contributed by atoms with Crippen LogP contribution in [0.4, 0.5) is 5.69 Å². The molecule has 0 aliphatic carbocycles. The highest BCUT2D eigenvalue weighted by molar-refractivity contribution is 9.10. The van der Waals surface area contributed by atoms with Crippen LogP contribution in [0.5, 0.6) is 0 Å². The summed E-state index contributed by atoms with van der Waals surface area (Å²) in [5.74, 6) is -0.444. The second kappa shape index (κ2) is 12.4. The van der Waals surface area contributed by atoms with Crippen LogP contribution in [0.25, 0.3) is 0 Å². The average molecular weight is 553 g/mol. The number of nitrogens with one attached hydrogen (secondary N) is 1. The lowest BCUT2D eigenvalue weighted by molar-refractivity contribution is -0.139. The average Bonchev–Trinajstić information content (AvgIpc) is 2.78. The molecule has 0 heterocycles. The van der Waals surface area contributed by atoms with E-state index in [4.69, 9.17) is 0 Å². The van der Waals surface area contributed by atoms with E-state index in [1.807, 2.05) is 43.3 Å². The Kier molecular flexibility index (Phi) is 10.1. The highest BCUT2D eigenvalue weighted by atomic mass is 79.9. The van der Waals surface area contributed by atoms with Gasteiger partial charge in [0.05, 0.1) is 11.9 Å². The molecule has 0 radical (unpaired) electrons. The summed E-state index contributed by atoms with van der Waals surface area (Å²) in [5.41, 5.74) is 2.30. The number of sulfonamides is 1. The Morgan fingerprint density at radius 2 is 1.71 bits per heavy atom. The van der Waals surface area contributed by atoms with Gasteiger partial charge < -0.3 is 10.2 Å². The molecule has 2 aromatic carbocycles. The van der Waals surface area contributed by atoms with Crippen LogP contribution in [0.3, 0.4) is 0 Å². The molecule has 0 saturated carbocycles. The minimum atomic E-state index is -3.74. The van der Waals surface area contributed by atoms with Gasteiger partial charge in [-0.2, -0.15) is 0 Å². The van der Waals surface area contributed by atoms with Gasteiger partial charge in [-0.1, -0.05) is 61.0 Å². The summed E-state index contributed by atoms with van der Waals surface area (Å²) in [4.78, 5) is 27.6. The van der Waals surface area contributed by atoms with Crippen molar-refractivity contribution >= 4 is 43.5 Å². The molecule has 186 valence electrons. The van der Waals surface area contributed by atoms with Gasteiger partial charge in [0.1, 0.15) is 12.6 Å². The molecular weight excluding hydrogens is 518 g/mol. The van der Waals surface area contributed by atoms with Gasteiger partial charge in [0, 0.05) is 17.6 Å². The minimum absolute atomic E-state index is 0.170. The molecule has 0 aliphatic rings. The Bertz CT molecular complexity index is 1090. The number of rotatable bonds is 11. The van der Waals surface area contributed by atoms with Gasteiger partial charge >= 0.3 is 0 Å². The molecule has 1 atom stereocenters. The first-order valence-corrected chi connectivity index (χ1v) is 14.0. The lowest BCUT2D eigenvalue weighted by Gasteiger charge is -2.31. The normalized spacial score (nSPS) is 12.3. The molecule has 2 amide bonds. The van der Waals surface area contributed by atoms with E-state index in [2.05, 4.69) is 35.1 Å². The molecule has 0 bridgehead atoms. The van der Waals surface area contributed by atoms with Gasteiger partial charge in [0.25, 0.3) is 0 Å². The van der Waals surface area contributed by atoms with Crippen molar-refractivity contribution in [1.82, 2.24) is 10.2 Å². The fourth-order valence-corrected chi connectivity index (χ4v) is 4.75. The number of nitrogens with zero attached hydrogens (tertiary/aromatic N) is 2. The van der Waals surface area contributed by atoms with E-state index in [-0.39, 0.29) is 12.5 Å². The van der Waals surface area contributed by atoms with Crippen LogP contribution < -0.4 is 9.62 Å². The molecule has 9 heteroatoms. The summed E-state index contributed by atoms with van der Waals surface area (Å²) in [6, 6.07) is 13.8. The van der Waals surface area contributed by atoms with E-state index in [1.165, 1.54) is 4.90 Å². The van der Waals surface area contributed by atoms with Crippen LogP contribution in [-0.4, -0.2) is 50.5 Å². The van der Waals surface area contributed by atoms with Gasteiger partial charge in [0.2, 0.25) is 21.8 Å². The minimum Gasteiger partial charge on any atom is -0.354 e. The number of hydrogen-bond acceptors (Lipinski definition) is 4. The Labute approximate surface area is 211 Å². The number of carbonyl (C=O) groups excluding carboxylic acids is 2. The third-order valence-electron chi connectivity index (χ3n) is 5.49. The first-order valence-electron chi connectivity index (χ1n) is 11.3. The maximum Gasteiger partial charge on any atom is 0.244 e. The molecule has 0 aromatic heterocycles. The van der Waals surface area contributed by atoms with Crippen LogP contribution in [0.15, 0.2) is 53.0 Å². The molecule has 1 N–H and O–H groups in total. The summed E-state index contributed by atoms with van der Waals surface area (Å²) in [6.45, 7) is 7.98. The molecular formula is C25H34BrN3O4S. The SMILES string of the molecule is CCCNC(=O)[C@H](C)N(Cc1cccc(Br)c1)C(=O)CN(c1ccc(C(C)C)cc1)S(C)(=O)=O. The molecule has 34 heavy (non-hydrogen) atoms. The molecule has 7 nitrogen and oxygen atoms in total. The van der Waals surface area contributed by atoms with E-state index >= 15 is 0 Å². The number of benzene rings is 2. The summed E-state index contributed by atoms with van der Waals surface area (Å²) in [5, 5.41) is 2.82. The number of carbonyl (C=O) groups is 2. The van der Waals surface area contributed by atoms with Gasteiger partial charge in [0.15, 0.2) is 0 Å². The van der Waals surface area contributed by atoms with E-state index in [1.54, 1.807) is 19.1 Å². The Hall–Kier alpha value is -2.39. The lowest BCUT2D eigenvalue weighted by atomic mass is 10.0. The first kappa shape index (κ1) is 27.9. The number of halogens is 1. The highest BCUT2D eigenvalue weighted by Gasteiger charge is 2.30. The molecule has 0 aliphatic heterocycles. The monoisotopic (exact) mass is 551 g/mol. The van der Waals surface area contributed by atoms with E-state index in [0.29, 0.717) is 18.2 Å². The second-order valence-electron chi connectivity index (χ2n) is 8.63. The zero-order valence-electron chi connectivity index (χ0n) is 20.4. The summed E-state index contributed by atoms with van der Waals surface area (Å²) < 4.78 is 27.2. The zero-order chi connectivity index (χ0) is 25.5. The largest absolute Gasteiger partial charge is 0.354 e. The topological polar surface area (TPSA) is 86.8 Å². The molecule has 2 aromatic rings. The quantitative estimate of drug-likeness (QED) is 0.451. The Morgan fingerprint density at radius 3 is 2.24 bits per heavy atom. The molecule has 2 rings (SSSR count). The van der Waals surface area contributed by atoms with Crippen molar-refractivity contribution < 1.29 is 18.0 Å². The fourth-order valence-electron chi connectivity index (χ4n) is 3.45. The summed E-state index contributed by atoms with van der Waals surface area (Å²) in [6.07, 6.45) is 1.85. The third-order valence-corrected chi connectivity index (χ3v) is 7.12. The van der Waals surface area contributed by atoms with Crippen LogP contribution in [-0.2, 0) is 26.2 Å². The van der Waals surface area contributed by atoms with Crippen molar-refractivity contribution in [2.24, 2.45) is 0 Å². The van der Waals surface area contributed by atoms with Gasteiger partial charge in [-0.3, -0.25) is 13.9 Å². The number of anilines is 1. The number of amides is 2. The predicted octanol–water partition coefficient (Wildman–Crippen LogP) is 4.28. The van der Waals surface area contributed by atoms with Crippen molar-refractivity contribution in [3.63, 3.8) is 0 Å². The van der Waals surface area contributed by atoms with Crippen molar-refractivity contribution in [2.45, 2.75) is 52.6 Å². The van der Waals surface area contributed by atoms with E-state index in [9.17, 15) is 18.0 Å². The maximum absolute atomic E-state index is 13.5. The van der Waals surface area contributed by atoms with Crippen LogP contribution in [0.1, 0.15) is 51.2 Å². The first-order chi connectivity index (χ1) is 15.9. The summed E-state index contributed by atoms with van der Waals surface area (Å²) >= 11 is 3.43. The summed E-state index contributed by atoms with van der Waals surface area (Å²) in [7, 11) is -3.74. The zero-order valence-corrected chi connectivity index (χ0v) is 22.8. The lowest BCUT2D eigenvalue weighted by Crippen LogP contribution is -2.51.